The molecule has 0 spiro atoms. The van der Waals surface area contributed by atoms with E-state index in [0.717, 1.165) is 17.8 Å². The highest BCUT2D eigenvalue weighted by atomic mass is 15.1. The first-order chi connectivity index (χ1) is 25.8. The van der Waals surface area contributed by atoms with Gasteiger partial charge in [-0.3, -0.25) is 0 Å². The average Bonchev–Trinajstić information content (AvgIpc) is 3.55. The molecule has 248 valence electrons. The first kappa shape index (κ1) is 30.4. The van der Waals surface area contributed by atoms with E-state index in [1.54, 1.807) is 0 Å². The van der Waals surface area contributed by atoms with Crippen LogP contribution in [0.5, 0.6) is 0 Å². The Bertz CT molecular complexity index is 2700. The van der Waals surface area contributed by atoms with Crippen molar-refractivity contribution in [2.24, 2.45) is 0 Å². The molecule has 9 aromatic rings. The summed E-state index contributed by atoms with van der Waals surface area (Å²) in [6.07, 6.45) is 4.86. The normalized spacial score (nSPS) is 12.7. The maximum Gasteiger partial charge on any atom is 0.0541 e. The van der Waals surface area contributed by atoms with Gasteiger partial charge >= 0.3 is 0 Å². The number of hydrogen-bond acceptors (Lipinski definition) is 1. The summed E-state index contributed by atoms with van der Waals surface area (Å²) in [7, 11) is 0. The van der Waals surface area contributed by atoms with Gasteiger partial charge in [-0.15, -0.1) is 0 Å². The van der Waals surface area contributed by atoms with E-state index in [2.05, 4.69) is 191 Å². The third kappa shape index (κ3) is 5.27. The number of benzene rings is 8. The van der Waals surface area contributed by atoms with Gasteiger partial charge in [0.2, 0.25) is 0 Å². The minimum absolute atomic E-state index is 1.14. The van der Waals surface area contributed by atoms with Gasteiger partial charge in [-0.2, -0.15) is 0 Å². The fraction of sp³-hybridized carbons (Fsp3) is 0.0800. The molecule has 8 aromatic carbocycles. The summed E-state index contributed by atoms with van der Waals surface area (Å²) < 4.78 is 2.42. The zero-order valence-corrected chi connectivity index (χ0v) is 29.0. The van der Waals surface area contributed by atoms with Crippen molar-refractivity contribution in [2.75, 3.05) is 4.90 Å². The van der Waals surface area contributed by atoms with Crippen molar-refractivity contribution >= 4 is 49.6 Å². The predicted octanol–water partition coefficient (Wildman–Crippen LogP) is 13.6. The van der Waals surface area contributed by atoms with E-state index in [0.29, 0.717) is 0 Å². The Morgan fingerprint density at radius 1 is 0.385 bits per heavy atom. The molecule has 1 aliphatic rings. The number of nitrogens with zero attached hydrogens (tertiary/aromatic N) is 2. The molecule has 0 radical (unpaired) electrons. The fourth-order valence-electron chi connectivity index (χ4n) is 8.38. The summed E-state index contributed by atoms with van der Waals surface area (Å²) in [4.78, 5) is 2.43. The van der Waals surface area contributed by atoms with Crippen molar-refractivity contribution in [2.45, 2.75) is 25.7 Å². The summed E-state index contributed by atoms with van der Waals surface area (Å²) in [5, 5.41) is 5.07. The quantitative estimate of drug-likeness (QED) is 0.171. The minimum atomic E-state index is 1.14. The molecule has 0 atom stereocenters. The molecule has 0 N–H and O–H groups in total. The summed E-state index contributed by atoms with van der Waals surface area (Å²) in [5.74, 6) is 0. The van der Waals surface area contributed by atoms with Crippen LogP contribution in [-0.2, 0) is 12.8 Å². The molecule has 0 bridgehead atoms. The topological polar surface area (TPSA) is 8.17 Å². The van der Waals surface area contributed by atoms with Crippen LogP contribution in [0.2, 0.25) is 0 Å². The summed E-state index contributed by atoms with van der Waals surface area (Å²) >= 11 is 0. The van der Waals surface area contributed by atoms with Crippen LogP contribution >= 0.6 is 0 Å². The van der Waals surface area contributed by atoms with Crippen molar-refractivity contribution in [1.29, 1.82) is 0 Å². The second-order valence-electron chi connectivity index (χ2n) is 14.0. The van der Waals surface area contributed by atoms with Crippen LogP contribution in [0.3, 0.4) is 0 Å². The van der Waals surface area contributed by atoms with E-state index < -0.39 is 0 Å². The smallest absolute Gasteiger partial charge is 0.0541 e. The maximum atomic E-state index is 2.43. The molecular weight excluding hydrogens is 629 g/mol. The van der Waals surface area contributed by atoms with Crippen LogP contribution in [0.4, 0.5) is 17.1 Å². The number of fused-ring (bicyclic) bond motifs is 5. The molecule has 10 rings (SSSR count). The largest absolute Gasteiger partial charge is 0.310 e. The minimum Gasteiger partial charge on any atom is -0.310 e. The lowest BCUT2D eigenvalue weighted by Gasteiger charge is -2.28. The van der Waals surface area contributed by atoms with Crippen molar-refractivity contribution < 1.29 is 0 Å². The van der Waals surface area contributed by atoms with Crippen molar-refractivity contribution in [3.05, 3.63) is 193 Å². The van der Waals surface area contributed by atoms with Crippen LogP contribution in [0.1, 0.15) is 24.0 Å². The Labute approximate surface area is 304 Å². The first-order valence-corrected chi connectivity index (χ1v) is 18.5. The Hall–Kier alpha value is -6.38. The SMILES string of the molecule is c1cc(-c2ccc3ccccc3c2)cc(N(c2ccc(-c3ccccc3-n3c4ccccc4c4ccccc43)cc2)c2ccc3c(c2)CCCC3)c1. The molecule has 1 aromatic heterocycles. The third-order valence-electron chi connectivity index (χ3n) is 10.9. The first-order valence-electron chi connectivity index (χ1n) is 18.5. The van der Waals surface area contributed by atoms with Gasteiger partial charge < -0.3 is 9.47 Å². The van der Waals surface area contributed by atoms with Crippen molar-refractivity contribution in [3.8, 4) is 27.9 Å². The van der Waals surface area contributed by atoms with Gasteiger partial charge in [0, 0.05) is 33.4 Å². The highest BCUT2D eigenvalue weighted by Crippen LogP contribution is 2.41. The summed E-state index contributed by atoms with van der Waals surface area (Å²) in [6.45, 7) is 0. The molecule has 0 saturated heterocycles. The fourth-order valence-corrected chi connectivity index (χ4v) is 8.38. The molecular formula is C50H38N2. The monoisotopic (exact) mass is 666 g/mol. The Kier molecular flexibility index (Phi) is 7.46. The van der Waals surface area contributed by atoms with Gasteiger partial charge in [-0.05, 0) is 125 Å². The molecule has 0 amide bonds. The second-order valence-corrected chi connectivity index (χ2v) is 14.0. The van der Waals surface area contributed by atoms with Gasteiger partial charge in [0.05, 0.1) is 16.7 Å². The number of aromatic nitrogens is 1. The lowest BCUT2D eigenvalue weighted by atomic mass is 9.91. The Morgan fingerprint density at radius 3 is 1.81 bits per heavy atom. The van der Waals surface area contributed by atoms with Gasteiger partial charge in [0.15, 0.2) is 0 Å². The highest BCUT2D eigenvalue weighted by molar-refractivity contribution is 6.09. The van der Waals surface area contributed by atoms with E-state index in [9.17, 15) is 0 Å². The number of hydrogen-bond donors (Lipinski definition) is 0. The zero-order valence-electron chi connectivity index (χ0n) is 29.0. The Balaban J connectivity index is 1.09. The van der Waals surface area contributed by atoms with E-state index in [1.807, 2.05) is 0 Å². The summed E-state index contributed by atoms with van der Waals surface area (Å²) in [5.41, 5.74) is 14.9. The Morgan fingerprint density at radius 2 is 1.00 bits per heavy atom. The van der Waals surface area contributed by atoms with Crippen LogP contribution in [-0.4, -0.2) is 4.57 Å². The second kappa shape index (κ2) is 12.7. The van der Waals surface area contributed by atoms with Crippen LogP contribution in [0, 0.1) is 0 Å². The number of rotatable bonds is 6. The van der Waals surface area contributed by atoms with E-state index >= 15 is 0 Å². The molecule has 2 heteroatoms. The van der Waals surface area contributed by atoms with E-state index in [4.69, 9.17) is 0 Å². The van der Waals surface area contributed by atoms with Gasteiger partial charge in [0.1, 0.15) is 0 Å². The summed E-state index contributed by atoms with van der Waals surface area (Å²) in [6, 6.07) is 67.0. The predicted molar refractivity (Wildman–Crippen MR) is 220 cm³/mol. The molecule has 1 aliphatic carbocycles. The number of para-hydroxylation sites is 3. The molecule has 0 unspecified atom stereocenters. The van der Waals surface area contributed by atoms with E-state index in [1.165, 1.54) is 96.6 Å². The number of aryl methyl sites for hydroxylation is 2. The third-order valence-corrected chi connectivity index (χ3v) is 10.9. The molecule has 0 fully saturated rings. The average molecular weight is 667 g/mol. The van der Waals surface area contributed by atoms with Crippen LogP contribution in [0.15, 0.2) is 182 Å². The van der Waals surface area contributed by atoms with Crippen molar-refractivity contribution in [1.82, 2.24) is 4.57 Å². The van der Waals surface area contributed by atoms with Gasteiger partial charge in [-0.1, -0.05) is 121 Å². The van der Waals surface area contributed by atoms with Gasteiger partial charge in [-0.25, -0.2) is 0 Å². The molecule has 2 nitrogen and oxygen atoms in total. The van der Waals surface area contributed by atoms with Gasteiger partial charge in [0.25, 0.3) is 0 Å². The molecule has 1 heterocycles. The maximum absolute atomic E-state index is 2.43. The lowest BCUT2D eigenvalue weighted by molar-refractivity contribution is 0.685. The molecule has 52 heavy (non-hydrogen) atoms. The molecule has 0 saturated carbocycles. The molecule has 0 aliphatic heterocycles. The van der Waals surface area contributed by atoms with Crippen LogP contribution in [0.25, 0.3) is 60.5 Å². The number of anilines is 3. The highest BCUT2D eigenvalue weighted by Gasteiger charge is 2.19. The van der Waals surface area contributed by atoms with Crippen molar-refractivity contribution in [3.63, 3.8) is 0 Å². The van der Waals surface area contributed by atoms with E-state index in [-0.39, 0.29) is 0 Å². The standard InChI is InChI=1S/C50H38N2/c1-3-14-38-32-41(25-24-35(38)12-1)40-16-11-17-43(34-40)51(44-31-26-36-13-2-4-15-39(36)33-44)42-29-27-37(28-30-42)45-18-5-8-21-48(45)52-49-22-9-6-19-46(49)47-20-7-10-23-50(47)52/h1,3,5-12,14,16-34H,2,4,13,15H2. The zero-order chi connectivity index (χ0) is 34.4. The van der Waals surface area contributed by atoms with Crippen LogP contribution < -0.4 is 4.90 Å². The lowest BCUT2D eigenvalue weighted by Crippen LogP contribution is -2.12.